The molecule has 6 heteroatoms. The van der Waals surface area contributed by atoms with Crippen molar-refractivity contribution < 1.29 is 9.59 Å². The molecule has 0 atom stereocenters. The summed E-state index contributed by atoms with van der Waals surface area (Å²) in [6, 6.07) is 12.6. The number of halogens is 1. The maximum Gasteiger partial charge on any atom is 0.257 e. The Balaban J connectivity index is 1.80. The van der Waals surface area contributed by atoms with E-state index in [1.54, 1.807) is 12.1 Å². The van der Waals surface area contributed by atoms with Crippen molar-refractivity contribution in [1.82, 2.24) is 4.98 Å². The zero-order valence-electron chi connectivity index (χ0n) is 15.8. The highest BCUT2D eigenvalue weighted by Gasteiger charge is 2.14. The molecule has 28 heavy (non-hydrogen) atoms. The smallest absolute Gasteiger partial charge is 0.257 e. The molecule has 0 saturated heterocycles. The Hall–Kier alpha value is -3.18. The van der Waals surface area contributed by atoms with Gasteiger partial charge in [0.1, 0.15) is 0 Å². The normalized spacial score (nSPS) is 10.4. The third-order valence-electron chi connectivity index (χ3n) is 4.43. The van der Waals surface area contributed by atoms with Crippen LogP contribution in [0.15, 0.2) is 54.9 Å². The highest BCUT2D eigenvalue weighted by atomic mass is 35.5. The molecule has 0 aliphatic heterocycles. The van der Waals surface area contributed by atoms with Gasteiger partial charge in [-0.25, -0.2) is 0 Å². The van der Waals surface area contributed by atoms with E-state index >= 15 is 0 Å². The molecule has 2 amide bonds. The minimum atomic E-state index is -0.361. The van der Waals surface area contributed by atoms with E-state index in [9.17, 15) is 9.59 Å². The van der Waals surface area contributed by atoms with Crippen LogP contribution in [-0.4, -0.2) is 16.8 Å². The molecule has 3 rings (SSSR count). The second-order valence-corrected chi connectivity index (χ2v) is 7.03. The van der Waals surface area contributed by atoms with Crippen molar-refractivity contribution in [3.05, 3.63) is 87.7 Å². The van der Waals surface area contributed by atoms with Crippen molar-refractivity contribution in [2.24, 2.45) is 0 Å². The number of rotatable bonds is 4. The number of para-hydroxylation sites is 1. The molecule has 0 radical (unpaired) electrons. The van der Waals surface area contributed by atoms with Crippen molar-refractivity contribution in [2.75, 3.05) is 10.6 Å². The summed E-state index contributed by atoms with van der Waals surface area (Å²) < 4.78 is 0. The second-order valence-electron chi connectivity index (χ2n) is 6.60. The maximum atomic E-state index is 12.7. The SMILES string of the molecule is Cc1ccc(Cl)cc1NC(=O)c1cncc(C(=O)Nc2c(C)cccc2C)c1. The van der Waals surface area contributed by atoms with Gasteiger partial charge in [0.25, 0.3) is 11.8 Å². The summed E-state index contributed by atoms with van der Waals surface area (Å²) in [5.74, 6) is -0.682. The quantitative estimate of drug-likeness (QED) is 0.642. The van der Waals surface area contributed by atoms with Crippen LogP contribution in [0, 0.1) is 20.8 Å². The fraction of sp³-hybridized carbons (Fsp3) is 0.136. The summed E-state index contributed by atoms with van der Waals surface area (Å²) in [4.78, 5) is 29.3. The fourth-order valence-electron chi connectivity index (χ4n) is 2.81. The van der Waals surface area contributed by atoms with E-state index in [2.05, 4.69) is 15.6 Å². The number of aryl methyl sites for hydroxylation is 3. The Bertz CT molecular complexity index is 1040. The predicted octanol–water partition coefficient (Wildman–Crippen LogP) is 5.16. The Labute approximate surface area is 168 Å². The van der Waals surface area contributed by atoms with E-state index in [-0.39, 0.29) is 17.4 Å². The number of benzene rings is 2. The van der Waals surface area contributed by atoms with Crippen LogP contribution in [0.4, 0.5) is 11.4 Å². The number of carbonyl (C=O) groups excluding carboxylic acids is 2. The number of hydrogen-bond donors (Lipinski definition) is 2. The summed E-state index contributed by atoms with van der Waals surface area (Å²) in [6.07, 6.45) is 2.86. The van der Waals surface area contributed by atoms with Gasteiger partial charge in [0.2, 0.25) is 0 Å². The molecule has 5 nitrogen and oxygen atoms in total. The van der Waals surface area contributed by atoms with Gasteiger partial charge in [0, 0.05) is 28.8 Å². The maximum absolute atomic E-state index is 12.7. The van der Waals surface area contributed by atoms with E-state index in [0.29, 0.717) is 16.3 Å². The molecule has 0 saturated carbocycles. The number of pyridine rings is 1. The second kappa shape index (κ2) is 8.23. The van der Waals surface area contributed by atoms with Gasteiger partial charge in [-0.3, -0.25) is 14.6 Å². The lowest BCUT2D eigenvalue weighted by Crippen LogP contribution is -2.17. The Kier molecular flexibility index (Phi) is 5.76. The topological polar surface area (TPSA) is 71.1 Å². The van der Waals surface area contributed by atoms with Crippen LogP contribution in [0.1, 0.15) is 37.4 Å². The van der Waals surface area contributed by atoms with Gasteiger partial charge in [-0.1, -0.05) is 35.9 Å². The van der Waals surface area contributed by atoms with Crippen LogP contribution in [0.2, 0.25) is 5.02 Å². The molecule has 0 aliphatic rings. The van der Waals surface area contributed by atoms with Gasteiger partial charge in [0.15, 0.2) is 0 Å². The molecule has 2 aromatic carbocycles. The van der Waals surface area contributed by atoms with Crippen molar-refractivity contribution in [3.8, 4) is 0 Å². The summed E-state index contributed by atoms with van der Waals surface area (Å²) in [5, 5.41) is 6.23. The van der Waals surface area contributed by atoms with Crippen molar-refractivity contribution in [3.63, 3.8) is 0 Å². The van der Waals surface area contributed by atoms with Crippen molar-refractivity contribution in [1.29, 1.82) is 0 Å². The van der Waals surface area contributed by atoms with Crippen molar-refractivity contribution >= 4 is 34.8 Å². The number of carbonyl (C=O) groups is 2. The summed E-state index contributed by atoms with van der Waals surface area (Å²) in [7, 11) is 0. The number of hydrogen-bond acceptors (Lipinski definition) is 3. The van der Waals surface area contributed by atoms with E-state index in [4.69, 9.17) is 11.6 Å². The Morgan fingerprint density at radius 3 is 2.07 bits per heavy atom. The van der Waals surface area contributed by atoms with E-state index in [1.165, 1.54) is 18.5 Å². The van der Waals surface area contributed by atoms with Gasteiger partial charge in [-0.2, -0.15) is 0 Å². The van der Waals surface area contributed by atoms with Crippen LogP contribution in [0.25, 0.3) is 0 Å². The summed E-state index contributed by atoms with van der Waals surface area (Å²) >= 11 is 6.00. The number of amides is 2. The Morgan fingerprint density at radius 1 is 0.821 bits per heavy atom. The number of anilines is 2. The lowest BCUT2D eigenvalue weighted by Gasteiger charge is -2.12. The first-order valence-electron chi connectivity index (χ1n) is 8.75. The standard InChI is InChI=1S/C22H20ClN3O2/c1-13-7-8-18(23)10-19(13)25-21(27)16-9-17(12-24-11-16)22(28)26-20-14(2)5-4-6-15(20)3/h4-12H,1-3H3,(H,25,27)(H,26,28). The molecule has 0 unspecified atom stereocenters. The van der Waals surface area contributed by atoms with E-state index in [1.807, 2.05) is 45.0 Å². The largest absolute Gasteiger partial charge is 0.322 e. The van der Waals surface area contributed by atoms with E-state index < -0.39 is 0 Å². The molecule has 1 heterocycles. The van der Waals surface area contributed by atoms with Gasteiger partial charge < -0.3 is 10.6 Å². The van der Waals surface area contributed by atoms with E-state index in [0.717, 1.165) is 22.4 Å². The fourth-order valence-corrected chi connectivity index (χ4v) is 2.98. The highest BCUT2D eigenvalue weighted by molar-refractivity contribution is 6.31. The first-order valence-corrected chi connectivity index (χ1v) is 9.13. The zero-order chi connectivity index (χ0) is 20.3. The average molecular weight is 394 g/mol. The third kappa shape index (κ3) is 4.38. The first kappa shape index (κ1) is 19.6. The molecule has 1 aromatic heterocycles. The predicted molar refractivity (Wildman–Crippen MR) is 112 cm³/mol. The summed E-state index contributed by atoms with van der Waals surface area (Å²) in [6.45, 7) is 5.73. The lowest BCUT2D eigenvalue weighted by atomic mass is 10.1. The number of aromatic nitrogens is 1. The molecule has 0 fully saturated rings. The molecule has 2 N–H and O–H groups in total. The van der Waals surface area contributed by atoms with Crippen LogP contribution in [-0.2, 0) is 0 Å². The molecular formula is C22H20ClN3O2. The van der Waals surface area contributed by atoms with Gasteiger partial charge >= 0.3 is 0 Å². The van der Waals surface area contributed by atoms with Gasteiger partial charge in [0.05, 0.1) is 11.1 Å². The zero-order valence-corrected chi connectivity index (χ0v) is 16.6. The van der Waals surface area contributed by atoms with Crippen LogP contribution >= 0.6 is 11.6 Å². The highest BCUT2D eigenvalue weighted by Crippen LogP contribution is 2.22. The minimum absolute atomic E-state index is 0.286. The molecule has 142 valence electrons. The Morgan fingerprint density at radius 2 is 1.43 bits per heavy atom. The van der Waals surface area contributed by atoms with Gasteiger partial charge in [-0.15, -0.1) is 0 Å². The van der Waals surface area contributed by atoms with Crippen LogP contribution in [0.3, 0.4) is 0 Å². The molecule has 0 aliphatic carbocycles. The average Bonchev–Trinajstić information content (AvgIpc) is 2.67. The molecular weight excluding hydrogens is 374 g/mol. The number of nitrogens with zero attached hydrogens (tertiary/aromatic N) is 1. The van der Waals surface area contributed by atoms with Crippen LogP contribution in [0.5, 0.6) is 0 Å². The number of nitrogens with one attached hydrogen (secondary N) is 2. The minimum Gasteiger partial charge on any atom is -0.322 e. The van der Waals surface area contributed by atoms with Crippen LogP contribution < -0.4 is 10.6 Å². The van der Waals surface area contributed by atoms with Crippen molar-refractivity contribution in [2.45, 2.75) is 20.8 Å². The summed E-state index contributed by atoms with van der Waals surface area (Å²) in [5.41, 5.74) is 4.78. The monoisotopic (exact) mass is 393 g/mol. The molecule has 0 bridgehead atoms. The van der Waals surface area contributed by atoms with Gasteiger partial charge in [-0.05, 0) is 55.7 Å². The molecule has 3 aromatic rings. The first-order chi connectivity index (χ1) is 13.3. The molecule has 0 spiro atoms. The third-order valence-corrected chi connectivity index (χ3v) is 4.67. The lowest BCUT2D eigenvalue weighted by molar-refractivity contribution is 0.102.